The number of nitrogens with zero attached hydrogens (tertiary/aromatic N) is 1. The predicted octanol–water partition coefficient (Wildman–Crippen LogP) is 2.64. The van der Waals surface area contributed by atoms with E-state index in [-0.39, 0.29) is 12.1 Å². The van der Waals surface area contributed by atoms with Crippen molar-refractivity contribution in [3.63, 3.8) is 0 Å². The molecular weight excluding hydrogens is 256 g/mol. The molecule has 0 saturated carbocycles. The Morgan fingerprint density at radius 3 is 2.20 bits per heavy atom. The zero-order chi connectivity index (χ0) is 15.1. The number of hydrogen-bond acceptors (Lipinski definition) is 2. The van der Waals surface area contributed by atoms with Crippen molar-refractivity contribution in [3.05, 3.63) is 35.9 Å². The second-order valence-electron chi connectivity index (χ2n) is 4.71. The number of amides is 2. The number of hydrogen-bond donors (Lipinski definition) is 2. The van der Waals surface area contributed by atoms with Gasteiger partial charge in [0.2, 0.25) is 0 Å². The molecule has 0 radical (unpaired) electrons. The van der Waals surface area contributed by atoms with Crippen molar-refractivity contribution in [1.82, 2.24) is 10.2 Å². The van der Waals surface area contributed by atoms with Gasteiger partial charge in [0.25, 0.3) is 0 Å². The van der Waals surface area contributed by atoms with Crippen LogP contribution in [0.3, 0.4) is 0 Å². The molecule has 0 fully saturated rings. The van der Waals surface area contributed by atoms with E-state index in [2.05, 4.69) is 5.32 Å². The van der Waals surface area contributed by atoms with Crippen LogP contribution >= 0.6 is 0 Å². The fourth-order valence-electron chi connectivity index (χ4n) is 2.16. The number of rotatable bonds is 6. The first-order chi connectivity index (χ1) is 9.51. The van der Waals surface area contributed by atoms with Gasteiger partial charge in [-0.1, -0.05) is 44.2 Å². The molecule has 1 atom stereocenters. The first kappa shape index (κ1) is 16.0. The van der Waals surface area contributed by atoms with Crippen molar-refractivity contribution in [2.45, 2.75) is 38.8 Å². The van der Waals surface area contributed by atoms with Gasteiger partial charge < -0.3 is 15.3 Å². The third kappa shape index (κ3) is 3.98. The lowest BCUT2D eigenvalue weighted by Crippen LogP contribution is -2.46. The average Bonchev–Trinajstić information content (AvgIpc) is 2.46. The minimum Gasteiger partial charge on any atom is -0.479 e. The van der Waals surface area contributed by atoms with Gasteiger partial charge in [-0.3, -0.25) is 0 Å². The normalized spacial score (nSPS) is 12.0. The molecule has 0 aliphatic heterocycles. The minimum atomic E-state index is -1.07. The lowest BCUT2D eigenvalue weighted by atomic mass is 10.1. The van der Waals surface area contributed by atoms with Gasteiger partial charge in [0.05, 0.1) is 0 Å². The Bertz CT molecular complexity index is 444. The molecule has 0 unspecified atom stereocenters. The summed E-state index contributed by atoms with van der Waals surface area (Å²) in [5.74, 6) is -1.07. The highest BCUT2D eigenvalue weighted by Crippen LogP contribution is 2.14. The number of urea groups is 1. The largest absolute Gasteiger partial charge is 0.479 e. The summed E-state index contributed by atoms with van der Waals surface area (Å²) in [6.45, 7) is 4.01. The molecule has 2 amide bonds. The van der Waals surface area contributed by atoms with E-state index in [1.165, 1.54) is 0 Å². The van der Waals surface area contributed by atoms with Crippen molar-refractivity contribution in [1.29, 1.82) is 0 Å². The van der Waals surface area contributed by atoms with E-state index in [9.17, 15) is 14.7 Å². The van der Waals surface area contributed by atoms with Crippen LogP contribution in [-0.4, -0.2) is 35.1 Å². The highest BCUT2D eigenvalue weighted by Gasteiger charge is 2.25. The molecule has 0 heterocycles. The van der Waals surface area contributed by atoms with Crippen molar-refractivity contribution in [3.8, 4) is 0 Å². The molecule has 0 saturated heterocycles. The lowest BCUT2D eigenvalue weighted by Gasteiger charge is -2.28. The average molecular weight is 278 g/mol. The van der Waals surface area contributed by atoms with Crippen LogP contribution in [0, 0.1) is 0 Å². The van der Waals surface area contributed by atoms with Gasteiger partial charge in [-0.05, 0) is 18.4 Å². The second kappa shape index (κ2) is 7.53. The molecule has 5 heteroatoms. The van der Waals surface area contributed by atoms with E-state index in [1.54, 1.807) is 42.3 Å². The molecule has 0 aliphatic rings. The highest BCUT2D eigenvalue weighted by molar-refractivity contribution is 5.83. The van der Waals surface area contributed by atoms with Crippen molar-refractivity contribution in [2.75, 3.05) is 7.05 Å². The van der Waals surface area contributed by atoms with E-state index >= 15 is 0 Å². The van der Waals surface area contributed by atoms with Crippen LogP contribution in [0.2, 0.25) is 0 Å². The SMILES string of the molecule is CCC(CC)N(C)C(=O)N[C@@H](C(=O)O)c1ccccc1. The summed E-state index contributed by atoms with van der Waals surface area (Å²) >= 11 is 0. The topological polar surface area (TPSA) is 69.6 Å². The molecule has 2 N–H and O–H groups in total. The van der Waals surface area contributed by atoms with Crippen LogP contribution in [0.1, 0.15) is 38.3 Å². The lowest BCUT2D eigenvalue weighted by molar-refractivity contribution is -0.139. The first-order valence-corrected chi connectivity index (χ1v) is 6.82. The van der Waals surface area contributed by atoms with E-state index in [0.29, 0.717) is 5.56 Å². The molecule has 110 valence electrons. The van der Waals surface area contributed by atoms with Crippen LogP contribution in [0.25, 0.3) is 0 Å². The third-order valence-corrected chi connectivity index (χ3v) is 3.46. The molecule has 5 nitrogen and oxygen atoms in total. The predicted molar refractivity (Wildman–Crippen MR) is 77.5 cm³/mol. The molecule has 20 heavy (non-hydrogen) atoms. The zero-order valence-corrected chi connectivity index (χ0v) is 12.2. The van der Waals surface area contributed by atoms with Gasteiger partial charge in [-0.2, -0.15) is 0 Å². The fourth-order valence-corrected chi connectivity index (χ4v) is 2.16. The van der Waals surface area contributed by atoms with Gasteiger partial charge in [0, 0.05) is 13.1 Å². The van der Waals surface area contributed by atoms with Gasteiger partial charge >= 0.3 is 12.0 Å². The van der Waals surface area contributed by atoms with E-state index in [4.69, 9.17) is 0 Å². The molecule has 0 bridgehead atoms. The molecular formula is C15H22N2O3. The summed E-state index contributed by atoms with van der Waals surface area (Å²) in [4.78, 5) is 25.0. The van der Waals surface area contributed by atoms with Gasteiger partial charge in [-0.25, -0.2) is 9.59 Å². The number of carboxylic acid groups (broad SMARTS) is 1. The van der Waals surface area contributed by atoms with Crippen molar-refractivity contribution >= 4 is 12.0 Å². The van der Waals surface area contributed by atoms with Crippen LogP contribution in [0.4, 0.5) is 4.79 Å². The molecule has 0 aromatic heterocycles. The number of carbonyl (C=O) groups is 2. The highest BCUT2D eigenvalue weighted by atomic mass is 16.4. The number of nitrogens with one attached hydrogen (secondary N) is 1. The number of benzene rings is 1. The number of carboxylic acids is 1. The van der Waals surface area contributed by atoms with Gasteiger partial charge in [0.15, 0.2) is 6.04 Å². The smallest absolute Gasteiger partial charge is 0.330 e. The Labute approximate surface area is 119 Å². The van der Waals surface area contributed by atoms with Gasteiger partial charge in [-0.15, -0.1) is 0 Å². The first-order valence-electron chi connectivity index (χ1n) is 6.82. The Hall–Kier alpha value is -2.04. The van der Waals surface area contributed by atoms with Crippen molar-refractivity contribution < 1.29 is 14.7 Å². The van der Waals surface area contributed by atoms with Crippen molar-refractivity contribution in [2.24, 2.45) is 0 Å². The number of carbonyl (C=O) groups excluding carboxylic acids is 1. The maximum Gasteiger partial charge on any atom is 0.330 e. The summed E-state index contributed by atoms with van der Waals surface area (Å²) in [5.41, 5.74) is 0.561. The minimum absolute atomic E-state index is 0.111. The maximum atomic E-state index is 12.1. The molecule has 1 aromatic rings. The Morgan fingerprint density at radius 2 is 1.75 bits per heavy atom. The van der Waals surface area contributed by atoms with E-state index < -0.39 is 12.0 Å². The van der Waals surface area contributed by atoms with E-state index in [0.717, 1.165) is 12.8 Å². The Morgan fingerprint density at radius 1 is 1.20 bits per heavy atom. The van der Waals surface area contributed by atoms with Crippen LogP contribution in [0.5, 0.6) is 0 Å². The maximum absolute atomic E-state index is 12.1. The van der Waals surface area contributed by atoms with Gasteiger partial charge in [0.1, 0.15) is 0 Å². The molecule has 0 aliphatic carbocycles. The van der Waals surface area contributed by atoms with E-state index in [1.807, 2.05) is 13.8 Å². The summed E-state index contributed by atoms with van der Waals surface area (Å²) in [5, 5.41) is 11.8. The monoisotopic (exact) mass is 278 g/mol. The Balaban J connectivity index is 2.82. The summed E-state index contributed by atoms with van der Waals surface area (Å²) in [7, 11) is 1.69. The molecule has 1 rings (SSSR count). The molecule has 0 spiro atoms. The van der Waals surface area contributed by atoms with Crippen LogP contribution in [0.15, 0.2) is 30.3 Å². The van der Waals surface area contributed by atoms with Crippen LogP contribution in [-0.2, 0) is 4.79 Å². The fraction of sp³-hybridized carbons (Fsp3) is 0.467. The quantitative estimate of drug-likeness (QED) is 0.840. The van der Waals surface area contributed by atoms with Crippen LogP contribution < -0.4 is 5.32 Å². The summed E-state index contributed by atoms with van der Waals surface area (Å²) in [6.07, 6.45) is 1.67. The Kier molecular flexibility index (Phi) is 6.03. The number of aliphatic carboxylic acids is 1. The standard InChI is InChI=1S/C15H22N2O3/c1-4-12(5-2)17(3)15(20)16-13(14(18)19)11-9-7-6-8-10-11/h6-10,12-13H,4-5H2,1-3H3,(H,16,20)(H,18,19)/t13-/m1/s1. The third-order valence-electron chi connectivity index (χ3n) is 3.46. The summed E-state index contributed by atoms with van der Waals surface area (Å²) in [6, 6.07) is 7.41. The molecule has 1 aromatic carbocycles. The summed E-state index contributed by atoms with van der Waals surface area (Å²) < 4.78 is 0. The zero-order valence-electron chi connectivity index (χ0n) is 12.2. The second-order valence-corrected chi connectivity index (χ2v) is 4.71.